The van der Waals surface area contributed by atoms with E-state index in [9.17, 15) is 14.8 Å². The van der Waals surface area contributed by atoms with Crippen LogP contribution in [0.3, 0.4) is 0 Å². The second-order valence-corrected chi connectivity index (χ2v) is 11.5. The number of halogens is 2. The van der Waals surface area contributed by atoms with Gasteiger partial charge < -0.3 is 25.3 Å². The van der Waals surface area contributed by atoms with Crippen molar-refractivity contribution in [2.45, 2.75) is 43.5 Å². The fourth-order valence-electron chi connectivity index (χ4n) is 4.27. The van der Waals surface area contributed by atoms with Crippen LogP contribution in [-0.4, -0.2) is 55.8 Å². The van der Waals surface area contributed by atoms with Crippen molar-refractivity contribution in [2.24, 2.45) is 0 Å². The largest absolute Gasteiger partial charge is 0.475 e. The summed E-state index contributed by atoms with van der Waals surface area (Å²) in [6.07, 6.45) is -0.648. The van der Waals surface area contributed by atoms with Gasteiger partial charge in [-0.1, -0.05) is 27.5 Å². The average Bonchev–Trinajstić information content (AvgIpc) is 3.34. The van der Waals surface area contributed by atoms with Gasteiger partial charge >= 0.3 is 7.82 Å². The molecule has 2 saturated heterocycles. The van der Waals surface area contributed by atoms with E-state index >= 15 is 0 Å². The minimum absolute atomic E-state index is 0.131. The topological polar surface area (TPSA) is 151 Å². The summed E-state index contributed by atoms with van der Waals surface area (Å²) in [5.41, 5.74) is 5.32. The first-order chi connectivity index (χ1) is 16.6. The number of phosphoric ester groups is 1. The maximum atomic E-state index is 13.2. The van der Waals surface area contributed by atoms with Gasteiger partial charge in [0.05, 0.1) is 24.7 Å². The molecule has 35 heavy (non-hydrogen) atoms. The van der Waals surface area contributed by atoms with Gasteiger partial charge in [-0.2, -0.15) is 0 Å². The molecule has 0 unspecified atom stereocenters. The highest BCUT2D eigenvalue weighted by Gasteiger charge is 2.54. The fourth-order valence-corrected chi connectivity index (χ4v) is 6.34. The summed E-state index contributed by atoms with van der Waals surface area (Å²) in [6, 6.07) is 6.91. The third-order valence-electron chi connectivity index (χ3n) is 6.13. The number of ether oxygens (including phenoxy) is 1. The highest BCUT2D eigenvalue weighted by Crippen LogP contribution is 2.58. The van der Waals surface area contributed by atoms with Crippen LogP contribution in [0.15, 0.2) is 41.3 Å². The van der Waals surface area contributed by atoms with Gasteiger partial charge in [-0.25, -0.2) is 14.5 Å². The maximum absolute atomic E-state index is 13.2. The summed E-state index contributed by atoms with van der Waals surface area (Å²) in [4.78, 5) is 8.17. The number of nitrogens with two attached hydrogens (primary N) is 1. The summed E-state index contributed by atoms with van der Waals surface area (Å²) in [7, 11) is -4.00. The number of benzene rings is 1. The molecule has 4 N–H and O–H groups in total. The Kier molecular flexibility index (Phi) is 6.71. The Bertz CT molecular complexity index is 1310. The van der Waals surface area contributed by atoms with E-state index in [0.29, 0.717) is 28.0 Å². The van der Waals surface area contributed by atoms with Gasteiger partial charge in [-0.05, 0) is 36.8 Å². The van der Waals surface area contributed by atoms with Crippen molar-refractivity contribution in [3.63, 3.8) is 0 Å². The van der Waals surface area contributed by atoms with Crippen LogP contribution in [0.5, 0.6) is 0 Å². The van der Waals surface area contributed by atoms with Crippen molar-refractivity contribution in [2.75, 3.05) is 18.9 Å². The number of nitrogens with zero attached hydrogens (tertiary/aromatic N) is 3. The molecule has 3 aromatic rings. The summed E-state index contributed by atoms with van der Waals surface area (Å²) in [5.74, 6) is 0.275. The van der Waals surface area contributed by atoms with Crippen LogP contribution in [0.4, 0.5) is 5.82 Å². The van der Waals surface area contributed by atoms with E-state index in [0.717, 1.165) is 4.47 Å². The van der Waals surface area contributed by atoms with Gasteiger partial charge in [0.1, 0.15) is 35.6 Å². The highest BCUT2D eigenvalue weighted by molar-refractivity contribution is 9.10. The third kappa shape index (κ3) is 4.63. The number of nitrogen functional groups attached to an aromatic ring is 1. The Morgan fingerprint density at radius 2 is 2.20 bits per heavy atom. The molecule has 2 fully saturated rings. The van der Waals surface area contributed by atoms with Gasteiger partial charge in [0.25, 0.3) is 0 Å². The molecule has 0 bridgehead atoms. The SMILES string of the molecule is C[C@@]1(O)[C@H](O)[C@@H](CO[P@@]2(=O)OCC[C@@H](c3cc(Cl)ccc3Br)O2)O[C@H]1n1ccc2c(N)ncnc21. The molecule has 0 aliphatic carbocycles. The lowest BCUT2D eigenvalue weighted by Crippen LogP contribution is -2.44. The zero-order valence-electron chi connectivity index (χ0n) is 18.5. The van der Waals surface area contributed by atoms with E-state index < -0.39 is 38.0 Å². The Morgan fingerprint density at radius 3 is 3.00 bits per heavy atom. The molecule has 2 aliphatic rings. The lowest BCUT2D eigenvalue weighted by atomic mass is 9.96. The number of aliphatic hydroxyl groups excluding tert-OH is 1. The van der Waals surface area contributed by atoms with Crippen molar-refractivity contribution in [1.82, 2.24) is 14.5 Å². The number of aromatic nitrogens is 3. The molecule has 14 heteroatoms. The average molecular weight is 590 g/mol. The van der Waals surface area contributed by atoms with Crippen LogP contribution >= 0.6 is 35.4 Å². The van der Waals surface area contributed by atoms with Crippen molar-refractivity contribution in [3.05, 3.63) is 51.8 Å². The molecule has 0 amide bonds. The molecule has 2 aliphatic heterocycles. The van der Waals surface area contributed by atoms with Crippen LogP contribution in [-0.2, 0) is 22.9 Å². The van der Waals surface area contributed by atoms with Gasteiger partial charge in [-0.3, -0.25) is 13.6 Å². The normalized spacial score (nSPS) is 33.4. The van der Waals surface area contributed by atoms with Gasteiger partial charge in [0, 0.05) is 22.1 Å². The number of anilines is 1. The molecule has 6 atom stereocenters. The first-order valence-electron chi connectivity index (χ1n) is 10.7. The Morgan fingerprint density at radius 1 is 1.40 bits per heavy atom. The van der Waals surface area contributed by atoms with Crippen LogP contribution in [0.25, 0.3) is 11.0 Å². The predicted octanol–water partition coefficient (Wildman–Crippen LogP) is 3.74. The summed E-state index contributed by atoms with van der Waals surface area (Å²) >= 11 is 9.56. The first-order valence-corrected chi connectivity index (χ1v) is 13.4. The van der Waals surface area contributed by atoms with Gasteiger partial charge in [0.15, 0.2) is 6.23 Å². The highest BCUT2D eigenvalue weighted by atomic mass is 79.9. The number of hydrogen-bond acceptors (Lipinski definition) is 10. The number of aliphatic hydroxyl groups is 2. The van der Waals surface area contributed by atoms with Gasteiger partial charge in [-0.15, -0.1) is 0 Å². The minimum atomic E-state index is -4.00. The van der Waals surface area contributed by atoms with Crippen molar-refractivity contribution >= 4 is 52.2 Å². The van der Waals surface area contributed by atoms with E-state index in [1.54, 1.807) is 35.0 Å². The molecule has 0 saturated carbocycles. The van der Waals surface area contributed by atoms with E-state index in [-0.39, 0.29) is 19.0 Å². The maximum Gasteiger partial charge on any atom is 0.475 e. The third-order valence-corrected chi connectivity index (χ3v) is 8.57. The first kappa shape index (κ1) is 25.1. The van der Waals surface area contributed by atoms with E-state index in [1.807, 2.05) is 0 Å². The molecule has 5 rings (SSSR count). The van der Waals surface area contributed by atoms with Crippen LogP contribution in [0.2, 0.25) is 5.02 Å². The van der Waals surface area contributed by atoms with Crippen molar-refractivity contribution < 1.29 is 33.1 Å². The predicted molar refractivity (Wildman–Crippen MR) is 130 cm³/mol. The number of phosphoric acid groups is 1. The zero-order chi connectivity index (χ0) is 25.0. The molecule has 11 nitrogen and oxygen atoms in total. The molecule has 4 heterocycles. The van der Waals surface area contributed by atoms with E-state index in [1.165, 1.54) is 13.3 Å². The van der Waals surface area contributed by atoms with Crippen LogP contribution < -0.4 is 5.73 Å². The molecule has 2 aromatic heterocycles. The lowest BCUT2D eigenvalue weighted by molar-refractivity contribution is -0.0950. The Labute approximate surface area is 213 Å². The minimum Gasteiger partial charge on any atom is -0.387 e. The van der Waals surface area contributed by atoms with Crippen molar-refractivity contribution in [3.8, 4) is 0 Å². The number of fused-ring (bicyclic) bond motifs is 1. The van der Waals surface area contributed by atoms with Gasteiger partial charge in [0.2, 0.25) is 0 Å². The van der Waals surface area contributed by atoms with Crippen LogP contribution in [0, 0.1) is 0 Å². The number of hydrogen-bond donors (Lipinski definition) is 3. The molecule has 0 spiro atoms. The monoisotopic (exact) mass is 588 g/mol. The standard InChI is InChI=1S/C21H23BrClN4O7P/c1-21(29)17(28)16(33-20(21)27-6-4-12-18(24)25-10-26-19(12)27)9-32-35(30)31-7-5-15(34-35)13-8-11(23)2-3-14(13)22/h2-4,6,8,10,15-17,20,28-29H,5,7,9H2,1H3,(H2,24,25,26)/t15-,16+,17+,20+,21+,35+/m0/s1. The zero-order valence-corrected chi connectivity index (χ0v) is 21.7. The summed E-state index contributed by atoms with van der Waals surface area (Å²) in [5, 5.41) is 23.0. The molecular formula is C21H23BrClN4O7P. The Hall–Kier alpha value is -1.60. The quantitative estimate of drug-likeness (QED) is 0.375. The second kappa shape index (κ2) is 9.37. The summed E-state index contributed by atoms with van der Waals surface area (Å²) < 4.78 is 38.0. The Balaban J connectivity index is 1.32. The summed E-state index contributed by atoms with van der Waals surface area (Å²) in [6.45, 7) is 1.21. The lowest BCUT2D eigenvalue weighted by Gasteiger charge is -2.30. The smallest absolute Gasteiger partial charge is 0.387 e. The van der Waals surface area contributed by atoms with Crippen molar-refractivity contribution in [1.29, 1.82) is 0 Å². The number of rotatable bonds is 5. The molecule has 1 aromatic carbocycles. The molecule has 0 radical (unpaired) electrons. The molecular weight excluding hydrogens is 567 g/mol. The second-order valence-electron chi connectivity index (χ2n) is 8.54. The van der Waals surface area contributed by atoms with Crippen LogP contribution in [0.1, 0.15) is 31.2 Å². The van der Waals surface area contributed by atoms with E-state index in [2.05, 4.69) is 25.9 Å². The fraction of sp³-hybridized carbons (Fsp3) is 0.429. The van der Waals surface area contributed by atoms with E-state index in [4.69, 9.17) is 35.6 Å². The molecule has 188 valence electrons.